The molecule has 0 spiro atoms. The zero-order valence-electron chi connectivity index (χ0n) is 17.6. The van der Waals surface area contributed by atoms with Crippen LogP contribution in [0.5, 0.6) is 11.5 Å². The lowest BCUT2D eigenvalue weighted by molar-refractivity contribution is -0.892. The minimum absolute atomic E-state index is 0.246. The first kappa shape index (κ1) is 20.3. The molecule has 2 saturated heterocycles. The summed E-state index contributed by atoms with van der Waals surface area (Å²) in [7, 11) is 1.67. The molecule has 2 fully saturated rings. The van der Waals surface area contributed by atoms with Crippen LogP contribution >= 0.6 is 0 Å². The van der Waals surface area contributed by atoms with Crippen molar-refractivity contribution in [2.45, 2.75) is 0 Å². The van der Waals surface area contributed by atoms with Gasteiger partial charge in [-0.1, -0.05) is 12.1 Å². The summed E-state index contributed by atoms with van der Waals surface area (Å²) in [5, 5.41) is 10.1. The Morgan fingerprint density at radius 2 is 1.60 bits per heavy atom. The molecule has 0 saturated carbocycles. The molecule has 0 bridgehead atoms. The van der Waals surface area contributed by atoms with Gasteiger partial charge in [-0.05, 0) is 36.4 Å². The average molecular weight is 412 g/mol. The van der Waals surface area contributed by atoms with Crippen LogP contribution in [0.3, 0.4) is 0 Å². The minimum atomic E-state index is 0.246. The maximum atomic E-state index is 12.8. The highest BCUT2D eigenvalue weighted by Gasteiger charge is 2.27. The van der Waals surface area contributed by atoms with Gasteiger partial charge in [0.05, 0.1) is 39.0 Å². The number of hydrogen-bond donors (Lipinski definition) is 2. The van der Waals surface area contributed by atoms with Crippen LogP contribution in [0, 0.1) is 0 Å². The Kier molecular flexibility index (Phi) is 6.28. The number of piperazine rings is 2. The number of carbonyl (C=O) groups excluding carboxylic acids is 1. The van der Waals surface area contributed by atoms with Crippen LogP contribution < -0.4 is 19.4 Å². The van der Waals surface area contributed by atoms with E-state index >= 15 is 0 Å². The zero-order valence-corrected chi connectivity index (χ0v) is 17.6. The highest BCUT2D eigenvalue weighted by Crippen LogP contribution is 2.26. The first-order chi connectivity index (χ1) is 14.6. The zero-order chi connectivity index (χ0) is 20.9. The van der Waals surface area contributed by atoms with Crippen molar-refractivity contribution < 1.29 is 19.5 Å². The minimum Gasteiger partial charge on any atom is -0.506 e. The first-order valence-corrected chi connectivity index (χ1v) is 10.7. The standard InChI is InChI=1S/C23H30N4O3/c1-30-20-8-6-19(7-9-20)25-14-16-27(17-15-25)23(29)18-24-10-12-26(13-11-24)21-4-2-3-5-22(21)28/h2-9,28H,10-18H2,1H3/p+1. The number of nitrogens with zero attached hydrogens (tertiary/aromatic N) is 3. The van der Waals surface area contributed by atoms with Crippen molar-refractivity contribution in [2.24, 2.45) is 0 Å². The lowest BCUT2D eigenvalue weighted by atomic mass is 10.2. The second-order valence-corrected chi connectivity index (χ2v) is 7.97. The van der Waals surface area contributed by atoms with Gasteiger partial charge >= 0.3 is 0 Å². The average Bonchev–Trinajstić information content (AvgIpc) is 2.80. The molecule has 4 rings (SSSR count). The normalized spacial score (nSPS) is 17.8. The van der Waals surface area contributed by atoms with Crippen molar-refractivity contribution in [3.63, 3.8) is 0 Å². The van der Waals surface area contributed by atoms with Crippen LogP contribution in [0.1, 0.15) is 0 Å². The van der Waals surface area contributed by atoms with Gasteiger partial charge in [0.15, 0.2) is 6.54 Å². The van der Waals surface area contributed by atoms with E-state index in [9.17, 15) is 9.90 Å². The van der Waals surface area contributed by atoms with Crippen molar-refractivity contribution in [1.29, 1.82) is 0 Å². The van der Waals surface area contributed by atoms with Gasteiger partial charge in [-0.2, -0.15) is 0 Å². The van der Waals surface area contributed by atoms with E-state index in [1.54, 1.807) is 13.2 Å². The molecule has 0 unspecified atom stereocenters. The van der Waals surface area contributed by atoms with Crippen molar-refractivity contribution in [2.75, 3.05) is 75.8 Å². The molecule has 0 aliphatic carbocycles. The number of phenolic OH excluding ortho intramolecular Hbond substituents is 1. The Bertz CT molecular complexity index is 842. The first-order valence-electron chi connectivity index (χ1n) is 10.7. The largest absolute Gasteiger partial charge is 0.506 e. The Morgan fingerprint density at radius 3 is 2.23 bits per heavy atom. The summed E-state index contributed by atoms with van der Waals surface area (Å²) < 4.78 is 5.23. The fourth-order valence-electron chi connectivity index (χ4n) is 4.30. The second kappa shape index (κ2) is 9.26. The molecule has 7 heteroatoms. The Hall–Kier alpha value is -2.93. The van der Waals surface area contributed by atoms with Crippen molar-refractivity contribution in [3.05, 3.63) is 48.5 Å². The Balaban J connectivity index is 1.23. The topological polar surface area (TPSA) is 60.7 Å². The highest BCUT2D eigenvalue weighted by atomic mass is 16.5. The number of anilines is 2. The van der Waals surface area contributed by atoms with E-state index in [4.69, 9.17) is 4.74 Å². The number of nitrogens with one attached hydrogen (secondary N) is 1. The van der Waals surface area contributed by atoms with E-state index in [2.05, 4.69) is 21.9 Å². The molecule has 7 nitrogen and oxygen atoms in total. The second-order valence-electron chi connectivity index (χ2n) is 7.97. The predicted octanol–water partition coefficient (Wildman–Crippen LogP) is 0.455. The van der Waals surface area contributed by atoms with E-state index in [0.29, 0.717) is 12.3 Å². The highest BCUT2D eigenvalue weighted by molar-refractivity contribution is 5.77. The molecule has 2 aliphatic heterocycles. The third-order valence-electron chi connectivity index (χ3n) is 6.16. The number of carbonyl (C=O) groups is 1. The Labute approximate surface area is 178 Å². The third-order valence-corrected chi connectivity index (χ3v) is 6.16. The van der Waals surface area contributed by atoms with E-state index < -0.39 is 0 Å². The van der Waals surface area contributed by atoms with Gasteiger partial charge in [0.1, 0.15) is 11.5 Å². The van der Waals surface area contributed by atoms with Crippen LogP contribution in [0.25, 0.3) is 0 Å². The SMILES string of the molecule is COc1ccc(N2CCN(C(=O)C[NH+]3CCN(c4ccccc4O)CC3)CC2)cc1. The van der Waals surface area contributed by atoms with Gasteiger partial charge in [0, 0.05) is 31.9 Å². The van der Waals surface area contributed by atoms with E-state index in [0.717, 1.165) is 63.8 Å². The number of ether oxygens (including phenoxy) is 1. The number of quaternary nitrogens is 1. The lowest BCUT2D eigenvalue weighted by Crippen LogP contribution is -3.16. The molecule has 30 heavy (non-hydrogen) atoms. The van der Waals surface area contributed by atoms with Crippen molar-refractivity contribution in [1.82, 2.24) is 4.90 Å². The molecule has 0 atom stereocenters. The summed E-state index contributed by atoms with van der Waals surface area (Å²) in [5.41, 5.74) is 2.06. The molecule has 2 aromatic carbocycles. The maximum absolute atomic E-state index is 12.8. The number of rotatable bonds is 5. The molecule has 160 valence electrons. The van der Waals surface area contributed by atoms with Crippen LogP contribution in [0.2, 0.25) is 0 Å². The fraction of sp³-hybridized carbons (Fsp3) is 0.435. The summed E-state index contributed by atoms with van der Waals surface area (Å²) >= 11 is 0. The van der Waals surface area contributed by atoms with E-state index in [1.165, 1.54) is 10.6 Å². The fourth-order valence-corrected chi connectivity index (χ4v) is 4.30. The molecule has 2 heterocycles. The van der Waals surface area contributed by atoms with Crippen LogP contribution in [0.15, 0.2) is 48.5 Å². The lowest BCUT2D eigenvalue weighted by Gasteiger charge is -2.38. The number of amides is 1. The Morgan fingerprint density at radius 1 is 0.933 bits per heavy atom. The molecular formula is C23H31N4O3+. The van der Waals surface area contributed by atoms with Gasteiger partial charge in [-0.25, -0.2) is 0 Å². The molecule has 2 aliphatic rings. The van der Waals surface area contributed by atoms with Crippen LogP contribution in [0.4, 0.5) is 11.4 Å². The van der Waals surface area contributed by atoms with Gasteiger partial charge in [0.2, 0.25) is 0 Å². The molecule has 1 amide bonds. The van der Waals surface area contributed by atoms with Gasteiger partial charge < -0.3 is 29.4 Å². The van der Waals surface area contributed by atoms with E-state index in [-0.39, 0.29) is 5.91 Å². The summed E-state index contributed by atoms with van der Waals surface area (Å²) in [6.45, 7) is 7.32. The molecule has 2 N–H and O–H groups in total. The van der Waals surface area contributed by atoms with Crippen molar-refractivity contribution in [3.8, 4) is 11.5 Å². The number of para-hydroxylation sites is 2. The van der Waals surface area contributed by atoms with Crippen LogP contribution in [-0.2, 0) is 4.79 Å². The van der Waals surface area contributed by atoms with Gasteiger partial charge in [-0.15, -0.1) is 0 Å². The summed E-state index contributed by atoms with van der Waals surface area (Å²) in [4.78, 5) is 20.7. The summed E-state index contributed by atoms with van der Waals surface area (Å²) in [5.74, 6) is 1.43. The molecule has 0 aromatic heterocycles. The maximum Gasteiger partial charge on any atom is 0.277 e. The molecular weight excluding hydrogens is 380 g/mol. The number of phenols is 1. The quantitative estimate of drug-likeness (QED) is 0.749. The smallest absolute Gasteiger partial charge is 0.277 e. The summed E-state index contributed by atoms with van der Waals surface area (Å²) in [6.07, 6.45) is 0. The number of methoxy groups -OCH3 is 1. The number of aromatic hydroxyl groups is 1. The van der Waals surface area contributed by atoms with Crippen LogP contribution in [-0.4, -0.2) is 81.9 Å². The molecule has 0 radical (unpaired) electrons. The monoisotopic (exact) mass is 411 g/mol. The van der Waals surface area contributed by atoms with Gasteiger partial charge in [0.25, 0.3) is 5.91 Å². The van der Waals surface area contributed by atoms with Gasteiger partial charge in [-0.3, -0.25) is 4.79 Å². The number of hydrogen-bond acceptors (Lipinski definition) is 5. The van der Waals surface area contributed by atoms with E-state index in [1.807, 2.05) is 35.2 Å². The number of benzene rings is 2. The summed E-state index contributed by atoms with van der Waals surface area (Å²) in [6, 6.07) is 15.6. The third kappa shape index (κ3) is 4.62. The predicted molar refractivity (Wildman–Crippen MR) is 118 cm³/mol. The van der Waals surface area contributed by atoms with Crippen molar-refractivity contribution >= 4 is 17.3 Å². The molecule has 2 aromatic rings.